The predicted molar refractivity (Wildman–Crippen MR) is 91.3 cm³/mol. The van der Waals surface area contributed by atoms with Crippen molar-refractivity contribution in [3.05, 3.63) is 72.4 Å². The van der Waals surface area contributed by atoms with Crippen LogP contribution in [0.15, 0.2) is 71.3 Å². The standard InChI is InChI=1S/C20H15NO2/c1-13-11-12-21-20-17(13)18(14-5-3-2-4-6-14)19(23-20)15-7-9-16(22)10-8-15/h2-12,22H,1H3. The molecule has 2 aromatic carbocycles. The van der Waals surface area contributed by atoms with E-state index in [0.29, 0.717) is 5.71 Å². The number of aromatic nitrogens is 1. The highest BCUT2D eigenvalue weighted by molar-refractivity contribution is 6.02. The smallest absolute Gasteiger partial charge is 0.227 e. The van der Waals surface area contributed by atoms with Crippen molar-refractivity contribution in [2.24, 2.45) is 0 Å². The molecular weight excluding hydrogens is 286 g/mol. The SMILES string of the molecule is Cc1ccnc2oc(-c3ccc(O)cc3)c(-c3ccccc3)c12. The molecule has 0 atom stereocenters. The van der Waals surface area contributed by atoms with Crippen molar-refractivity contribution < 1.29 is 9.52 Å². The van der Waals surface area contributed by atoms with Crippen LogP contribution < -0.4 is 0 Å². The highest BCUT2D eigenvalue weighted by Gasteiger charge is 2.19. The minimum atomic E-state index is 0.237. The molecule has 0 bridgehead atoms. The third-order valence-corrected chi connectivity index (χ3v) is 3.99. The first-order valence-corrected chi connectivity index (χ1v) is 7.47. The summed E-state index contributed by atoms with van der Waals surface area (Å²) in [6.07, 6.45) is 1.76. The Morgan fingerprint density at radius 3 is 2.35 bits per heavy atom. The zero-order chi connectivity index (χ0) is 15.8. The summed E-state index contributed by atoms with van der Waals surface area (Å²) >= 11 is 0. The van der Waals surface area contributed by atoms with Crippen LogP contribution in [0.5, 0.6) is 5.75 Å². The Labute approximate surface area is 133 Å². The van der Waals surface area contributed by atoms with Crippen molar-refractivity contribution in [1.29, 1.82) is 0 Å². The fourth-order valence-electron chi connectivity index (χ4n) is 2.87. The maximum atomic E-state index is 9.53. The first-order chi connectivity index (χ1) is 11.2. The zero-order valence-electron chi connectivity index (χ0n) is 12.7. The third-order valence-electron chi connectivity index (χ3n) is 3.99. The molecule has 1 N–H and O–H groups in total. The van der Waals surface area contributed by atoms with Gasteiger partial charge in [-0.05, 0) is 48.4 Å². The number of nitrogens with zero attached hydrogens (tertiary/aromatic N) is 1. The van der Waals surface area contributed by atoms with Crippen LogP contribution in [0, 0.1) is 6.92 Å². The van der Waals surface area contributed by atoms with Crippen LogP contribution >= 0.6 is 0 Å². The Morgan fingerprint density at radius 1 is 0.870 bits per heavy atom. The van der Waals surface area contributed by atoms with E-state index in [1.165, 1.54) is 0 Å². The molecule has 4 aromatic rings. The van der Waals surface area contributed by atoms with Crippen LogP contribution in [-0.4, -0.2) is 10.1 Å². The molecule has 2 aromatic heterocycles. The lowest BCUT2D eigenvalue weighted by atomic mass is 9.97. The Bertz CT molecular complexity index is 970. The van der Waals surface area contributed by atoms with E-state index in [1.807, 2.05) is 36.4 Å². The molecule has 2 heterocycles. The Hall–Kier alpha value is -3.07. The fourth-order valence-corrected chi connectivity index (χ4v) is 2.87. The number of hydrogen-bond donors (Lipinski definition) is 1. The molecule has 0 aliphatic rings. The average Bonchev–Trinajstić information content (AvgIpc) is 2.97. The Morgan fingerprint density at radius 2 is 1.61 bits per heavy atom. The summed E-state index contributed by atoms with van der Waals surface area (Å²) in [5.41, 5.74) is 4.80. The van der Waals surface area contributed by atoms with Gasteiger partial charge in [0.05, 0.1) is 5.39 Å². The topological polar surface area (TPSA) is 46.3 Å². The second-order valence-corrected chi connectivity index (χ2v) is 5.53. The molecule has 3 nitrogen and oxygen atoms in total. The molecular formula is C20H15NO2. The van der Waals surface area contributed by atoms with Crippen LogP contribution in [0.1, 0.15) is 5.56 Å². The van der Waals surface area contributed by atoms with Gasteiger partial charge in [0.25, 0.3) is 0 Å². The normalized spacial score (nSPS) is 11.0. The maximum Gasteiger partial charge on any atom is 0.227 e. The second kappa shape index (κ2) is 5.29. The van der Waals surface area contributed by atoms with Gasteiger partial charge in [0.15, 0.2) is 0 Å². The molecule has 0 aliphatic carbocycles. The molecule has 0 radical (unpaired) electrons. The lowest BCUT2D eigenvalue weighted by molar-refractivity contribution is 0.475. The van der Waals surface area contributed by atoms with Crippen LogP contribution in [0.25, 0.3) is 33.6 Å². The third kappa shape index (κ3) is 2.27. The molecule has 0 amide bonds. The number of fused-ring (bicyclic) bond motifs is 1. The van der Waals surface area contributed by atoms with E-state index in [0.717, 1.165) is 33.4 Å². The Balaban J connectivity index is 2.08. The quantitative estimate of drug-likeness (QED) is 0.555. The molecule has 23 heavy (non-hydrogen) atoms. The zero-order valence-corrected chi connectivity index (χ0v) is 12.7. The van der Waals surface area contributed by atoms with E-state index >= 15 is 0 Å². The van der Waals surface area contributed by atoms with Gasteiger partial charge < -0.3 is 9.52 Å². The first kappa shape index (κ1) is 13.6. The molecule has 0 saturated carbocycles. The summed E-state index contributed by atoms with van der Waals surface area (Å²) in [5, 5.41) is 10.6. The lowest BCUT2D eigenvalue weighted by Gasteiger charge is -2.05. The van der Waals surface area contributed by atoms with Crippen LogP contribution in [0.3, 0.4) is 0 Å². The molecule has 0 saturated heterocycles. The van der Waals surface area contributed by atoms with Gasteiger partial charge in [0, 0.05) is 17.3 Å². The summed E-state index contributed by atoms with van der Waals surface area (Å²) in [6.45, 7) is 2.06. The summed E-state index contributed by atoms with van der Waals surface area (Å²) in [7, 11) is 0. The molecule has 3 heteroatoms. The van der Waals surface area contributed by atoms with Crippen LogP contribution in [0.2, 0.25) is 0 Å². The maximum absolute atomic E-state index is 9.53. The van der Waals surface area contributed by atoms with Crippen molar-refractivity contribution in [2.75, 3.05) is 0 Å². The summed E-state index contributed by atoms with van der Waals surface area (Å²) < 4.78 is 6.07. The van der Waals surface area contributed by atoms with Crippen molar-refractivity contribution in [1.82, 2.24) is 4.98 Å². The molecule has 0 unspecified atom stereocenters. The second-order valence-electron chi connectivity index (χ2n) is 5.53. The van der Waals surface area contributed by atoms with Gasteiger partial charge >= 0.3 is 0 Å². The van der Waals surface area contributed by atoms with E-state index in [4.69, 9.17) is 4.42 Å². The van der Waals surface area contributed by atoms with Crippen molar-refractivity contribution >= 4 is 11.1 Å². The molecule has 0 spiro atoms. The number of rotatable bonds is 2. The summed E-state index contributed by atoms with van der Waals surface area (Å²) in [4.78, 5) is 4.38. The Kier molecular flexibility index (Phi) is 3.12. The number of aromatic hydroxyl groups is 1. The number of phenols is 1. The highest BCUT2D eigenvalue weighted by Crippen LogP contribution is 2.41. The lowest BCUT2D eigenvalue weighted by Crippen LogP contribution is -1.83. The number of furan rings is 1. The minimum Gasteiger partial charge on any atom is -0.508 e. The molecule has 4 rings (SSSR count). The summed E-state index contributed by atoms with van der Waals surface area (Å²) in [5.74, 6) is 1.01. The van der Waals surface area contributed by atoms with Crippen molar-refractivity contribution in [3.63, 3.8) is 0 Å². The average molecular weight is 301 g/mol. The number of hydrogen-bond acceptors (Lipinski definition) is 3. The van der Waals surface area contributed by atoms with E-state index < -0.39 is 0 Å². The molecule has 0 aliphatic heterocycles. The van der Waals surface area contributed by atoms with Crippen molar-refractivity contribution in [2.45, 2.75) is 6.92 Å². The fraction of sp³-hybridized carbons (Fsp3) is 0.0500. The van der Waals surface area contributed by atoms with E-state index in [9.17, 15) is 5.11 Å². The van der Waals surface area contributed by atoms with Gasteiger partial charge in [-0.25, -0.2) is 4.98 Å². The van der Waals surface area contributed by atoms with E-state index in [2.05, 4.69) is 24.0 Å². The number of phenolic OH excluding ortho intramolecular Hbond substituents is 1. The number of benzene rings is 2. The van der Waals surface area contributed by atoms with Gasteiger partial charge in [-0.1, -0.05) is 30.3 Å². The monoisotopic (exact) mass is 301 g/mol. The molecule has 112 valence electrons. The predicted octanol–water partition coefficient (Wildman–Crippen LogP) is 5.18. The van der Waals surface area contributed by atoms with Gasteiger partial charge in [-0.15, -0.1) is 0 Å². The minimum absolute atomic E-state index is 0.237. The van der Waals surface area contributed by atoms with Gasteiger partial charge in [-0.2, -0.15) is 0 Å². The van der Waals surface area contributed by atoms with Crippen molar-refractivity contribution in [3.8, 4) is 28.2 Å². The van der Waals surface area contributed by atoms with E-state index in [-0.39, 0.29) is 5.75 Å². The first-order valence-electron chi connectivity index (χ1n) is 7.47. The van der Waals surface area contributed by atoms with Gasteiger partial charge in [0.2, 0.25) is 5.71 Å². The molecule has 0 fully saturated rings. The van der Waals surface area contributed by atoms with Crippen LogP contribution in [-0.2, 0) is 0 Å². The largest absolute Gasteiger partial charge is 0.508 e. The van der Waals surface area contributed by atoms with Crippen LogP contribution in [0.4, 0.5) is 0 Å². The number of pyridine rings is 1. The number of aryl methyl sites for hydroxylation is 1. The van der Waals surface area contributed by atoms with E-state index in [1.54, 1.807) is 18.3 Å². The summed E-state index contributed by atoms with van der Waals surface area (Å²) in [6, 6.07) is 19.2. The highest BCUT2D eigenvalue weighted by atomic mass is 16.3. The van der Waals surface area contributed by atoms with Gasteiger partial charge in [0.1, 0.15) is 11.5 Å². The van der Waals surface area contributed by atoms with Gasteiger partial charge in [-0.3, -0.25) is 0 Å².